The van der Waals surface area contributed by atoms with E-state index in [-0.39, 0.29) is 30.5 Å². The Balaban J connectivity index is 1.77. The highest BCUT2D eigenvalue weighted by molar-refractivity contribution is 6.28. The van der Waals surface area contributed by atoms with Crippen molar-refractivity contribution in [1.29, 1.82) is 0 Å². The van der Waals surface area contributed by atoms with Gasteiger partial charge in [-0.1, -0.05) is 5.92 Å². The molecule has 1 aliphatic rings. The molecule has 1 fully saturated rings. The molecule has 0 saturated carbocycles. The van der Waals surface area contributed by atoms with E-state index in [2.05, 4.69) is 15.9 Å². The maximum atomic E-state index is 12.2. The van der Waals surface area contributed by atoms with Crippen molar-refractivity contribution < 1.29 is 28.9 Å². The first-order valence-electron chi connectivity index (χ1n) is 9.18. The molecule has 2 aromatic rings. The van der Waals surface area contributed by atoms with Crippen LogP contribution in [0.15, 0.2) is 12.3 Å². The number of terminal acetylenes is 1. The Hall–Kier alpha value is -2.87. The number of nitrogen functional groups attached to an aromatic ring is 1. The number of halogens is 1. The van der Waals surface area contributed by atoms with Crippen molar-refractivity contribution in [2.75, 3.05) is 18.9 Å². The number of hydrogen-bond donors (Lipinski definition) is 2. The molecule has 0 bridgehead atoms. The Labute approximate surface area is 177 Å². The van der Waals surface area contributed by atoms with E-state index in [0.717, 1.165) is 0 Å². The summed E-state index contributed by atoms with van der Waals surface area (Å²) < 4.78 is 17.9. The SMILES string of the molecule is C#C[C@]1(CO)O[C@@H](n2ccc3c(N)nc(Cl)nc32)C[C@@H]1OC(=O)CCCOC(C)=O. The summed E-state index contributed by atoms with van der Waals surface area (Å²) in [6.07, 6.45) is 6.21. The highest BCUT2D eigenvalue weighted by Crippen LogP contribution is 2.40. The minimum Gasteiger partial charge on any atom is -0.466 e. The molecule has 2 aromatic heterocycles. The highest BCUT2D eigenvalue weighted by atomic mass is 35.5. The molecule has 3 atom stereocenters. The summed E-state index contributed by atoms with van der Waals surface area (Å²) in [6, 6.07) is 1.70. The van der Waals surface area contributed by atoms with Crippen LogP contribution in [-0.4, -0.2) is 56.5 Å². The van der Waals surface area contributed by atoms with Crippen LogP contribution in [0.25, 0.3) is 11.0 Å². The van der Waals surface area contributed by atoms with Gasteiger partial charge in [-0.15, -0.1) is 6.42 Å². The molecule has 3 heterocycles. The van der Waals surface area contributed by atoms with Crippen LogP contribution in [0.2, 0.25) is 5.28 Å². The third-order valence-corrected chi connectivity index (χ3v) is 4.92. The normalized spacial score (nSPS) is 23.3. The van der Waals surface area contributed by atoms with Crippen LogP contribution >= 0.6 is 11.6 Å². The van der Waals surface area contributed by atoms with Gasteiger partial charge in [0.15, 0.2) is 5.60 Å². The zero-order valence-corrected chi connectivity index (χ0v) is 17.0. The monoisotopic (exact) mass is 436 g/mol. The Morgan fingerprint density at radius 3 is 2.97 bits per heavy atom. The molecular weight excluding hydrogens is 416 g/mol. The average molecular weight is 437 g/mol. The van der Waals surface area contributed by atoms with E-state index < -0.39 is 36.5 Å². The molecular formula is C19H21ClN4O6. The molecule has 0 unspecified atom stereocenters. The van der Waals surface area contributed by atoms with Crippen molar-refractivity contribution in [1.82, 2.24) is 14.5 Å². The van der Waals surface area contributed by atoms with Crippen LogP contribution in [0.3, 0.4) is 0 Å². The van der Waals surface area contributed by atoms with Gasteiger partial charge in [-0.25, -0.2) is 4.98 Å². The molecule has 11 heteroatoms. The van der Waals surface area contributed by atoms with E-state index in [1.807, 2.05) is 0 Å². The third kappa shape index (κ3) is 4.33. The Morgan fingerprint density at radius 2 is 2.30 bits per heavy atom. The lowest BCUT2D eigenvalue weighted by molar-refractivity contribution is -0.159. The molecule has 160 valence electrons. The molecule has 3 N–H and O–H groups in total. The van der Waals surface area contributed by atoms with Crippen LogP contribution in [-0.2, 0) is 23.8 Å². The number of carbonyl (C=O) groups excluding carboxylic acids is 2. The number of aliphatic hydroxyl groups is 1. The van der Waals surface area contributed by atoms with Gasteiger partial charge in [0.1, 0.15) is 23.8 Å². The number of ether oxygens (including phenoxy) is 3. The van der Waals surface area contributed by atoms with Crippen molar-refractivity contribution in [3.63, 3.8) is 0 Å². The second-order valence-electron chi connectivity index (χ2n) is 6.76. The molecule has 0 aromatic carbocycles. The number of aliphatic hydroxyl groups excluding tert-OH is 1. The maximum absolute atomic E-state index is 12.2. The standard InChI is InChI=1S/C19H21ClN4O6/c1-3-19(10-25)13(29-15(27)5-4-8-28-11(2)26)9-14(30-19)24-7-6-12-16(21)22-18(20)23-17(12)24/h1,6-7,13-14,25H,4-5,8-10H2,2H3,(H2,21,22,23)/t13-,14+,19+/m0/s1. The van der Waals surface area contributed by atoms with E-state index in [9.17, 15) is 14.7 Å². The molecule has 1 saturated heterocycles. The van der Waals surface area contributed by atoms with Gasteiger partial charge >= 0.3 is 11.9 Å². The molecule has 0 spiro atoms. The van der Waals surface area contributed by atoms with Crippen LogP contribution in [0.4, 0.5) is 5.82 Å². The third-order valence-electron chi connectivity index (χ3n) is 4.75. The van der Waals surface area contributed by atoms with Crippen molar-refractivity contribution in [2.24, 2.45) is 0 Å². The van der Waals surface area contributed by atoms with E-state index in [1.165, 1.54) is 6.92 Å². The first-order valence-corrected chi connectivity index (χ1v) is 9.56. The zero-order chi connectivity index (χ0) is 21.9. The van der Waals surface area contributed by atoms with Crippen molar-refractivity contribution in [2.45, 2.75) is 44.1 Å². The summed E-state index contributed by atoms with van der Waals surface area (Å²) in [5.74, 6) is 1.65. The highest BCUT2D eigenvalue weighted by Gasteiger charge is 2.50. The fourth-order valence-electron chi connectivity index (χ4n) is 3.28. The lowest BCUT2D eigenvalue weighted by Crippen LogP contribution is -2.44. The average Bonchev–Trinajstić information content (AvgIpc) is 3.27. The number of anilines is 1. The van der Waals surface area contributed by atoms with E-state index in [0.29, 0.717) is 17.5 Å². The second kappa shape index (κ2) is 8.87. The number of nitrogens with two attached hydrogens (primary N) is 1. The van der Waals surface area contributed by atoms with Gasteiger partial charge in [-0.3, -0.25) is 9.59 Å². The molecule has 3 rings (SSSR count). The van der Waals surface area contributed by atoms with Crippen LogP contribution in [0, 0.1) is 12.3 Å². The molecule has 0 aliphatic carbocycles. The minimum atomic E-state index is -1.52. The summed E-state index contributed by atoms with van der Waals surface area (Å²) in [6.45, 7) is 0.835. The smallest absolute Gasteiger partial charge is 0.306 e. The first kappa shape index (κ1) is 21.8. The van der Waals surface area contributed by atoms with Gasteiger partial charge in [0.25, 0.3) is 0 Å². The van der Waals surface area contributed by atoms with Crippen LogP contribution in [0.5, 0.6) is 0 Å². The molecule has 0 amide bonds. The number of aromatic nitrogens is 3. The summed E-state index contributed by atoms with van der Waals surface area (Å²) in [5, 5.41) is 10.4. The summed E-state index contributed by atoms with van der Waals surface area (Å²) in [7, 11) is 0. The van der Waals surface area contributed by atoms with Crippen molar-refractivity contribution in [3.8, 4) is 12.3 Å². The fraction of sp³-hybridized carbons (Fsp3) is 0.474. The van der Waals surface area contributed by atoms with Gasteiger partial charge in [0.05, 0.1) is 18.6 Å². The van der Waals surface area contributed by atoms with Crippen molar-refractivity contribution >= 4 is 40.4 Å². The molecule has 1 aliphatic heterocycles. The topological polar surface area (TPSA) is 139 Å². The van der Waals surface area contributed by atoms with Gasteiger partial charge in [-0.2, -0.15) is 4.98 Å². The van der Waals surface area contributed by atoms with Crippen LogP contribution < -0.4 is 5.73 Å². The van der Waals surface area contributed by atoms with Gasteiger partial charge in [-0.05, 0) is 24.1 Å². The van der Waals surface area contributed by atoms with Crippen molar-refractivity contribution in [3.05, 3.63) is 17.5 Å². The molecule has 10 nitrogen and oxygen atoms in total. The van der Waals surface area contributed by atoms with E-state index in [1.54, 1.807) is 16.8 Å². The fourth-order valence-corrected chi connectivity index (χ4v) is 3.45. The number of carbonyl (C=O) groups is 2. The minimum absolute atomic E-state index is 0.0202. The quantitative estimate of drug-likeness (QED) is 0.283. The van der Waals surface area contributed by atoms with Crippen LogP contribution in [0.1, 0.15) is 32.4 Å². The Kier molecular flexibility index (Phi) is 6.45. The second-order valence-corrected chi connectivity index (χ2v) is 7.10. The molecule has 30 heavy (non-hydrogen) atoms. The van der Waals surface area contributed by atoms with Gasteiger partial charge in [0.2, 0.25) is 5.28 Å². The predicted octanol–water partition coefficient (Wildman–Crippen LogP) is 1.21. The summed E-state index contributed by atoms with van der Waals surface area (Å²) in [5.41, 5.74) is 4.79. The maximum Gasteiger partial charge on any atom is 0.306 e. The number of rotatable bonds is 7. The lowest BCUT2D eigenvalue weighted by atomic mass is 9.98. The van der Waals surface area contributed by atoms with Gasteiger partial charge in [0, 0.05) is 26.0 Å². The van der Waals surface area contributed by atoms with Gasteiger partial charge < -0.3 is 29.6 Å². The number of esters is 2. The molecule has 0 radical (unpaired) electrons. The van der Waals surface area contributed by atoms with E-state index in [4.69, 9.17) is 38.0 Å². The number of fused-ring (bicyclic) bond motifs is 1. The van der Waals surface area contributed by atoms with E-state index >= 15 is 0 Å². The predicted molar refractivity (Wildman–Crippen MR) is 106 cm³/mol. The first-order chi connectivity index (χ1) is 14.3. The Morgan fingerprint density at radius 1 is 1.53 bits per heavy atom. The zero-order valence-electron chi connectivity index (χ0n) is 16.2. The number of nitrogens with zero attached hydrogens (tertiary/aromatic N) is 3. The summed E-state index contributed by atoms with van der Waals surface area (Å²) >= 11 is 5.92. The largest absolute Gasteiger partial charge is 0.466 e. The lowest BCUT2D eigenvalue weighted by Gasteiger charge is -2.26. The Bertz CT molecular complexity index is 1000. The number of hydrogen-bond acceptors (Lipinski definition) is 9. The summed E-state index contributed by atoms with van der Waals surface area (Å²) in [4.78, 5) is 31.1.